The minimum absolute atomic E-state index is 0.0512. The summed E-state index contributed by atoms with van der Waals surface area (Å²) in [6, 6.07) is 7.33. The summed E-state index contributed by atoms with van der Waals surface area (Å²) in [4.78, 5) is 12.4. The number of nitrogens with one attached hydrogen (secondary N) is 1. The van der Waals surface area contributed by atoms with Crippen LogP contribution < -0.4 is 11.1 Å². The van der Waals surface area contributed by atoms with Crippen molar-refractivity contribution in [2.45, 2.75) is 45.1 Å². The standard InChI is InChI=1S/C15H24N2O2/c1-14(2,9-10-18)17-13(19)15(3,4)11-5-7-12(16)8-6-11/h5-8,18H,9-10,16H2,1-4H3,(H,17,19). The van der Waals surface area contributed by atoms with Gasteiger partial charge in [-0.25, -0.2) is 0 Å². The van der Waals surface area contributed by atoms with E-state index in [0.717, 1.165) is 5.56 Å². The summed E-state index contributed by atoms with van der Waals surface area (Å²) in [5, 5.41) is 12.0. The number of nitrogen functional groups attached to an aromatic ring is 1. The molecule has 0 aliphatic carbocycles. The molecule has 0 aromatic heterocycles. The molecule has 0 aliphatic rings. The van der Waals surface area contributed by atoms with Gasteiger partial charge in [-0.2, -0.15) is 0 Å². The number of benzene rings is 1. The molecule has 0 aliphatic heterocycles. The van der Waals surface area contributed by atoms with Crippen molar-refractivity contribution in [2.24, 2.45) is 0 Å². The summed E-state index contributed by atoms with van der Waals surface area (Å²) in [5.41, 5.74) is 6.20. The summed E-state index contributed by atoms with van der Waals surface area (Å²) < 4.78 is 0. The number of rotatable bonds is 5. The molecule has 0 fully saturated rings. The first-order chi connectivity index (χ1) is 8.69. The summed E-state index contributed by atoms with van der Waals surface area (Å²) >= 11 is 0. The van der Waals surface area contributed by atoms with Crippen LogP contribution in [0.25, 0.3) is 0 Å². The Balaban J connectivity index is 2.88. The Morgan fingerprint density at radius 3 is 2.21 bits per heavy atom. The van der Waals surface area contributed by atoms with Crippen LogP contribution in [0.4, 0.5) is 5.69 Å². The van der Waals surface area contributed by atoms with Crippen LogP contribution in [0.1, 0.15) is 39.7 Å². The zero-order valence-electron chi connectivity index (χ0n) is 12.2. The molecule has 106 valence electrons. The second-order valence-corrected chi connectivity index (χ2v) is 6.06. The van der Waals surface area contributed by atoms with E-state index in [1.54, 1.807) is 12.1 Å². The van der Waals surface area contributed by atoms with Crippen LogP contribution in [-0.2, 0) is 10.2 Å². The van der Waals surface area contributed by atoms with Crippen molar-refractivity contribution in [3.05, 3.63) is 29.8 Å². The third-order valence-electron chi connectivity index (χ3n) is 3.39. The van der Waals surface area contributed by atoms with Crippen LogP contribution >= 0.6 is 0 Å². The highest BCUT2D eigenvalue weighted by Gasteiger charge is 2.33. The molecule has 1 aromatic carbocycles. The van der Waals surface area contributed by atoms with Gasteiger partial charge in [-0.3, -0.25) is 4.79 Å². The lowest BCUT2D eigenvalue weighted by Crippen LogP contribution is -2.50. The second-order valence-electron chi connectivity index (χ2n) is 6.06. The fraction of sp³-hybridized carbons (Fsp3) is 0.533. The van der Waals surface area contributed by atoms with Gasteiger partial charge in [0.15, 0.2) is 0 Å². The Morgan fingerprint density at radius 1 is 1.21 bits per heavy atom. The predicted octanol–water partition coefficient (Wildman–Crippen LogP) is 1.82. The Kier molecular flexibility index (Phi) is 4.58. The quantitative estimate of drug-likeness (QED) is 0.710. The van der Waals surface area contributed by atoms with E-state index in [0.29, 0.717) is 12.1 Å². The maximum atomic E-state index is 12.4. The Labute approximate surface area is 115 Å². The normalized spacial score (nSPS) is 12.3. The number of amides is 1. The van der Waals surface area contributed by atoms with Crippen LogP contribution in [0.3, 0.4) is 0 Å². The Hall–Kier alpha value is -1.55. The number of nitrogens with two attached hydrogens (primary N) is 1. The van der Waals surface area contributed by atoms with E-state index >= 15 is 0 Å². The average molecular weight is 264 g/mol. The molecule has 0 unspecified atom stereocenters. The number of hydrogen-bond acceptors (Lipinski definition) is 3. The van der Waals surface area contributed by atoms with Gasteiger partial charge in [0.2, 0.25) is 5.91 Å². The molecule has 19 heavy (non-hydrogen) atoms. The van der Waals surface area contributed by atoms with E-state index < -0.39 is 11.0 Å². The molecule has 0 atom stereocenters. The molecule has 4 heteroatoms. The first-order valence-electron chi connectivity index (χ1n) is 6.48. The number of carbonyl (C=O) groups excluding carboxylic acids is 1. The van der Waals surface area contributed by atoms with Gasteiger partial charge in [-0.15, -0.1) is 0 Å². The molecular weight excluding hydrogens is 240 g/mol. The molecule has 1 aromatic rings. The van der Waals surface area contributed by atoms with Crippen LogP contribution in [-0.4, -0.2) is 23.2 Å². The molecule has 0 heterocycles. The van der Waals surface area contributed by atoms with E-state index in [1.807, 2.05) is 39.8 Å². The Morgan fingerprint density at radius 2 is 1.74 bits per heavy atom. The van der Waals surface area contributed by atoms with Crippen molar-refractivity contribution in [1.82, 2.24) is 5.32 Å². The minimum Gasteiger partial charge on any atom is -0.399 e. The SMILES string of the molecule is CC(C)(CCO)NC(=O)C(C)(C)c1ccc(N)cc1. The fourth-order valence-corrected chi connectivity index (χ4v) is 1.84. The van der Waals surface area contributed by atoms with Crippen LogP contribution in [0.15, 0.2) is 24.3 Å². The van der Waals surface area contributed by atoms with E-state index in [9.17, 15) is 4.79 Å². The molecule has 1 amide bonds. The first kappa shape index (κ1) is 15.5. The molecule has 4 N–H and O–H groups in total. The van der Waals surface area contributed by atoms with Crippen LogP contribution in [0, 0.1) is 0 Å². The molecule has 0 bridgehead atoms. The van der Waals surface area contributed by atoms with Gasteiger partial charge in [0, 0.05) is 17.8 Å². The van der Waals surface area contributed by atoms with Gasteiger partial charge in [0.1, 0.15) is 0 Å². The lowest BCUT2D eigenvalue weighted by molar-refractivity contribution is -0.127. The van der Waals surface area contributed by atoms with Gasteiger partial charge in [0.05, 0.1) is 5.41 Å². The van der Waals surface area contributed by atoms with Crippen molar-refractivity contribution in [3.63, 3.8) is 0 Å². The molecule has 0 saturated carbocycles. The van der Waals surface area contributed by atoms with Crippen molar-refractivity contribution in [2.75, 3.05) is 12.3 Å². The number of aliphatic hydroxyl groups is 1. The highest BCUT2D eigenvalue weighted by atomic mass is 16.3. The van der Waals surface area contributed by atoms with Crippen molar-refractivity contribution in [3.8, 4) is 0 Å². The third-order valence-corrected chi connectivity index (χ3v) is 3.39. The van der Waals surface area contributed by atoms with Gasteiger partial charge < -0.3 is 16.2 Å². The summed E-state index contributed by atoms with van der Waals surface area (Å²) in [7, 11) is 0. The van der Waals surface area contributed by atoms with Crippen molar-refractivity contribution >= 4 is 11.6 Å². The minimum atomic E-state index is -0.638. The summed E-state index contributed by atoms with van der Waals surface area (Å²) in [5.74, 6) is -0.0595. The third kappa shape index (κ3) is 3.96. The van der Waals surface area contributed by atoms with Crippen molar-refractivity contribution in [1.29, 1.82) is 0 Å². The highest BCUT2D eigenvalue weighted by molar-refractivity contribution is 5.88. The summed E-state index contributed by atoms with van der Waals surface area (Å²) in [6.45, 7) is 7.61. The molecule has 0 saturated heterocycles. The monoisotopic (exact) mass is 264 g/mol. The number of anilines is 1. The Bertz CT molecular complexity index is 436. The van der Waals surface area contributed by atoms with E-state index in [-0.39, 0.29) is 12.5 Å². The molecule has 1 rings (SSSR count). The zero-order chi connectivity index (χ0) is 14.7. The van der Waals surface area contributed by atoms with E-state index in [4.69, 9.17) is 10.8 Å². The fourth-order valence-electron chi connectivity index (χ4n) is 1.84. The van der Waals surface area contributed by atoms with Gasteiger partial charge >= 0.3 is 0 Å². The largest absolute Gasteiger partial charge is 0.399 e. The molecule has 0 radical (unpaired) electrons. The van der Waals surface area contributed by atoms with Gasteiger partial charge in [0.25, 0.3) is 0 Å². The molecule has 0 spiro atoms. The lowest BCUT2D eigenvalue weighted by atomic mass is 9.82. The number of carbonyl (C=O) groups is 1. The van der Waals surface area contributed by atoms with Crippen LogP contribution in [0.2, 0.25) is 0 Å². The van der Waals surface area contributed by atoms with Crippen LogP contribution in [0.5, 0.6) is 0 Å². The maximum Gasteiger partial charge on any atom is 0.230 e. The van der Waals surface area contributed by atoms with Crippen molar-refractivity contribution < 1.29 is 9.90 Å². The van der Waals surface area contributed by atoms with E-state index in [1.165, 1.54) is 0 Å². The number of hydrogen-bond donors (Lipinski definition) is 3. The zero-order valence-corrected chi connectivity index (χ0v) is 12.2. The lowest BCUT2D eigenvalue weighted by Gasteiger charge is -2.32. The number of aliphatic hydroxyl groups excluding tert-OH is 1. The van der Waals surface area contributed by atoms with E-state index in [2.05, 4.69) is 5.32 Å². The molecule has 4 nitrogen and oxygen atoms in total. The predicted molar refractivity (Wildman–Crippen MR) is 77.8 cm³/mol. The second kappa shape index (κ2) is 5.61. The topological polar surface area (TPSA) is 75.3 Å². The van der Waals surface area contributed by atoms with Gasteiger partial charge in [-0.1, -0.05) is 12.1 Å². The first-order valence-corrected chi connectivity index (χ1v) is 6.48. The maximum absolute atomic E-state index is 12.4. The highest BCUT2D eigenvalue weighted by Crippen LogP contribution is 2.25. The smallest absolute Gasteiger partial charge is 0.230 e. The summed E-state index contributed by atoms with van der Waals surface area (Å²) in [6.07, 6.45) is 0.524. The average Bonchev–Trinajstić information content (AvgIpc) is 2.28. The molecular formula is C15H24N2O2. The van der Waals surface area contributed by atoms with Gasteiger partial charge in [-0.05, 0) is 51.8 Å².